The predicted molar refractivity (Wildman–Crippen MR) is 54.6 cm³/mol. The molecule has 1 aromatic heterocycles. The fraction of sp³-hybridized carbons (Fsp3) is 0.455. The number of amides is 3. The van der Waals surface area contributed by atoms with Crippen molar-refractivity contribution in [3.63, 3.8) is 0 Å². The van der Waals surface area contributed by atoms with Crippen LogP contribution in [0, 0.1) is 5.92 Å². The second-order valence-corrected chi connectivity index (χ2v) is 4.46. The minimum absolute atomic E-state index is 0.352. The lowest BCUT2D eigenvalue weighted by Crippen LogP contribution is -2.22. The molecule has 3 amide bonds. The summed E-state index contributed by atoms with van der Waals surface area (Å²) in [6.07, 6.45) is 1.14. The summed E-state index contributed by atoms with van der Waals surface area (Å²) in [5.41, 5.74) is 0. The summed E-state index contributed by atoms with van der Waals surface area (Å²) in [5.74, 6) is 2.21. The molecule has 84 valence electrons. The van der Waals surface area contributed by atoms with Crippen LogP contribution in [-0.4, -0.2) is 11.9 Å². The molecule has 3 atom stereocenters. The van der Waals surface area contributed by atoms with Crippen molar-refractivity contribution in [1.82, 2.24) is 10.6 Å². The molecule has 5 nitrogen and oxygen atoms in total. The summed E-state index contributed by atoms with van der Waals surface area (Å²) >= 11 is 0. The zero-order valence-electron chi connectivity index (χ0n) is 8.82. The van der Waals surface area contributed by atoms with Gasteiger partial charge >= 0.3 is 6.03 Å². The minimum Gasteiger partial charge on any atom is -0.463 e. The van der Waals surface area contributed by atoms with E-state index in [0.717, 1.165) is 12.2 Å². The summed E-state index contributed by atoms with van der Waals surface area (Å²) in [4.78, 5) is 22.3. The first kappa shape index (κ1) is 9.45. The molecule has 0 aromatic carbocycles. The Labute approximate surface area is 92.2 Å². The van der Waals surface area contributed by atoms with Gasteiger partial charge in [-0.2, -0.15) is 0 Å². The molecule has 1 saturated carbocycles. The summed E-state index contributed by atoms with van der Waals surface area (Å²) in [5, 5.41) is 4.69. The monoisotopic (exact) mass is 220 g/mol. The standard InChI is InChI=1S/C11H12N2O3/c1-5-4-6(5)7-2-3-8(16-7)9-10(14)13-11(15)12-9/h2-3,5-6,9H,4H2,1H3,(H2,12,13,14,15). The van der Waals surface area contributed by atoms with Gasteiger partial charge in [0.25, 0.3) is 5.91 Å². The number of rotatable bonds is 2. The largest absolute Gasteiger partial charge is 0.463 e. The highest BCUT2D eigenvalue weighted by molar-refractivity contribution is 6.04. The van der Waals surface area contributed by atoms with Crippen LogP contribution in [0.3, 0.4) is 0 Å². The maximum absolute atomic E-state index is 11.4. The Morgan fingerprint density at radius 2 is 2.00 bits per heavy atom. The zero-order chi connectivity index (χ0) is 11.3. The van der Waals surface area contributed by atoms with E-state index in [1.54, 1.807) is 6.07 Å². The van der Waals surface area contributed by atoms with E-state index in [1.165, 1.54) is 0 Å². The lowest BCUT2D eigenvalue weighted by Gasteiger charge is -2.02. The van der Waals surface area contributed by atoms with Crippen molar-refractivity contribution in [1.29, 1.82) is 0 Å². The molecular formula is C11H12N2O3. The topological polar surface area (TPSA) is 71.3 Å². The highest BCUT2D eigenvalue weighted by atomic mass is 16.3. The average molecular weight is 220 g/mol. The molecule has 1 aromatic rings. The van der Waals surface area contributed by atoms with Crippen LogP contribution >= 0.6 is 0 Å². The van der Waals surface area contributed by atoms with Gasteiger partial charge in [0.15, 0.2) is 6.04 Å². The summed E-state index contributed by atoms with van der Waals surface area (Å²) < 4.78 is 5.61. The molecule has 1 aliphatic heterocycles. The quantitative estimate of drug-likeness (QED) is 0.737. The van der Waals surface area contributed by atoms with Crippen molar-refractivity contribution in [2.45, 2.75) is 25.3 Å². The van der Waals surface area contributed by atoms with E-state index in [1.807, 2.05) is 6.07 Å². The number of carbonyl (C=O) groups excluding carboxylic acids is 2. The van der Waals surface area contributed by atoms with Crippen molar-refractivity contribution < 1.29 is 14.0 Å². The van der Waals surface area contributed by atoms with Crippen LogP contribution in [0.5, 0.6) is 0 Å². The van der Waals surface area contributed by atoms with Gasteiger partial charge in [-0.05, 0) is 24.5 Å². The first-order valence-electron chi connectivity index (χ1n) is 5.36. The summed E-state index contributed by atoms with van der Waals surface area (Å²) in [6, 6.07) is 2.51. The van der Waals surface area contributed by atoms with Crippen LogP contribution in [0.15, 0.2) is 16.5 Å². The normalized spacial score (nSPS) is 32.4. The predicted octanol–water partition coefficient (Wildman–Crippen LogP) is 1.28. The highest BCUT2D eigenvalue weighted by Gasteiger charge is 2.38. The van der Waals surface area contributed by atoms with Gasteiger partial charge in [0.1, 0.15) is 11.5 Å². The number of hydrogen-bond donors (Lipinski definition) is 2. The van der Waals surface area contributed by atoms with Gasteiger partial charge in [0.05, 0.1) is 0 Å². The van der Waals surface area contributed by atoms with E-state index in [0.29, 0.717) is 17.6 Å². The Kier molecular flexibility index (Phi) is 1.83. The lowest BCUT2D eigenvalue weighted by molar-refractivity contribution is -0.120. The number of nitrogens with one attached hydrogen (secondary N) is 2. The van der Waals surface area contributed by atoms with Crippen LogP contribution in [0.4, 0.5) is 4.79 Å². The fourth-order valence-corrected chi connectivity index (χ4v) is 2.06. The third-order valence-electron chi connectivity index (χ3n) is 3.18. The molecule has 3 unspecified atom stereocenters. The molecule has 2 heterocycles. The smallest absolute Gasteiger partial charge is 0.322 e. The van der Waals surface area contributed by atoms with E-state index in [-0.39, 0.29) is 5.91 Å². The number of carbonyl (C=O) groups is 2. The van der Waals surface area contributed by atoms with Gasteiger partial charge < -0.3 is 9.73 Å². The number of furan rings is 1. The van der Waals surface area contributed by atoms with Gasteiger partial charge in [0, 0.05) is 5.92 Å². The van der Waals surface area contributed by atoms with E-state index in [2.05, 4.69) is 17.6 Å². The summed E-state index contributed by atoms with van der Waals surface area (Å²) in [6.45, 7) is 2.16. The zero-order valence-corrected chi connectivity index (χ0v) is 8.82. The Hall–Kier alpha value is -1.78. The fourth-order valence-electron chi connectivity index (χ4n) is 2.06. The molecule has 0 spiro atoms. The van der Waals surface area contributed by atoms with Crippen molar-refractivity contribution in [2.24, 2.45) is 5.92 Å². The molecule has 2 N–H and O–H groups in total. The van der Waals surface area contributed by atoms with E-state index < -0.39 is 12.1 Å². The average Bonchev–Trinajstić information content (AvgIpc) is 2.67. The van der Waals surface area contributed by atoms with E-state index in [4.69, 9.17) is 4.42 Å². The van der Waals surface area contributed by atoms with Gasteiger partial charge in [-0.15, -0.1) is 0 Å². The molecule has 0 radical (unpaired) electrons. The first-order chi connectivity index (χ1) is 7.65. The summed E-state index contributed by atoms with van der Waals surface area (Å²) in [7, 11) is 0. The second kappa shape index (κ2) is 3.10. The van der Waals surface area contributed by atoms with Crippen molar-refractivity contribution in [3.05, 3.63) is 23.7 Å². The third kappa shape index (κ3) is 1.39. The van der Waals surface area contributed by atoms with Crippen molar-refractivity contribution in [3.8, 4) is 0 Å². The minimum atomic E-state index is -0.671. The van der Waals surface area contributed by atoms with Gasteiger partial charge in [-0.25, -0.2) is 4.79 Å². The molecule has 1 aliphatic carbocycles. The number of urea groups is 1. The molecule has 3 rings (SSSR count). The van der Waals surface area contributed by atoms with E-state index in [9.17, 15) is 9.59 Å². The van der Waals surface area contributed by atoms with Gasteiger partial charge in [-0.3, -0.25) is 10.1 Å². The van der Waals surface area contributed by atoms with Gasteiger partial charge in [0.2, 0.25) is 0 Å². The lowest BCUT2D eigenvalue weighted by atomic mass is 10.2. The molecule has 16 heavy (non-hydrogen) atoms. The second-order valence-electron chi connectivity index (χ2n) is 4.46. The molecule has 0 bridgehead atoms. The Balaban J connectivity index is 1.82. The maximum atomic E-state index is 11.4. The number of hydrogen-bond acceptors (Lipinski definition) is 3. The van der Waals surface area contributed by atoms with Crippen molar-refractivity contribution >= 4 is 11.9 Å². The Morgan fingerprint density at radius 3 is 2.56 bits per heavy atom. The Morgan fingerprint density at radius 1 is 1.31 bits per heavy atom. The molecule has 2 fully saturated rings. The van der Waals surface area contributed by atoms with Crippen LogP contribution in [0.1, 0.15) is 36.8 Å². The molecular weight excluding hydrogens is 208 g/mol. The van der Waals surface area contributed by atoms with E-state index >= 15 is 0 Å². The molecule has 1 saturated heterocycles. The highest BCUT2D eigenvalue weighted by Crippen LogP contribution is 2.47. The van der Waals surface area contributed by atoms with Crippen LogP contribution in [0.2, 0.25) is 0 Å². The Bertz CT molecular complexity index is 466. The van der Waals surface area contributed by atoms with Crippen LogP contribution < -0.4 is 10.6 Å². The van der Waals surface area contributed by atoms with Crippen LogP contribution in [0.25, 0.3) is 0 Å². The molecule has 5 heteroatoms. The van der Waals surface area contributed by atoms with Gasteiger partial charge in [-0.1, -0.05) is 6.92 Å². The SMILES string of the molecule is CC1CC1c1ccc(C2NC(=O)NC2=O)o1. The van der Waals surface area contributed by atoms with Crippen LogP contribution in [-0.2, 0) is 4.79 Å². The third-order valence-corrected chi connectivity index (χ3v) is 3.18. The number of imide groups is 1. The molecule has 2 aliphatic rings. The van der Waals surface area contributed by atoms with Crippen molar-refractivity contribution in [2.75, 3.05) is 0 Å². The first-order valence-corrected chi connectivity index (χ1v) is 5.36. The maximum Gasteiger partial charge on any atom is 0.322 e.